The fourth-order valence-electron chi connectivity index (χ4n) is 3.17. The minimum atomic E-state index is -3.41. The van der Waals surface area contributed by atoms with Crippen LogP contribution in [0.25, 0.3) is 0 Å². The Balaban J connectivity index is 1.55. The van der Waals surface area contributed by atoms with Gasteiger partial charge in [-0.05, 0) is 25.0 Å². The molecule has 5 nitrogen and oxygen atoms in total. The number of sulfonamides is 1. The van der Waals surface area contributed by atoms with Crippen LogP contribution in [-0.4, -0.2) is 43.6 Å². The van der Waals surface area contributed by atoms with Crippen molar-refractivity contribution in [3.63, 3.8) is 0 Å². The zero-order valence-corrected chi connectivity index (χ0v) is 14.7. The normalized spacial score (nSPS) is 19.5. The molecule has 0 spiro atoms. The maximum absolute atomic E-state index is 13.7. The topological polar surface area (TPSA) is 66.5 Å². The molecule has 1 aromatic carbocycles. The average molecular weight is 375 g/mol. The highest BCUT2D eigenvalue weighted by Crippen LogP contribution is 2.24. The first kappa shape index (κ1) is 17.6. The van der Waals surface area contributed by atoms with Gasteiger partial charge in [-0.25, -0.2) is 17.5 Å². The lowest BCUT2D eigenvalue weighted by Gasteiger charge is -2.39. The summed E-state index contributed by atoms with van der Waals surface area (Å²) in [6, 6.07) is 4.29. The molecule has 1 aromatic rings. The summed E-state index contributed by atoms with van der Waals surface area (Å²) in [7, 11) is -3.41. The molecule has 3 rings (SSSR count). The first-order valence-corrected chi connectivity index (χ1v) is 10.0. The fourth-order valence-corrected chi connectivity index (χ4v) is 5.05. The van der Waals surface area contributed by atoms with Gasteiger partial charge in [-0.2, -0.15) is 0 Å². The molecule has 1 saturated carbocycles. The van der Waals surface area contributed by atoms with E-state index in [-0.39, 0.29) is 42.0 Å². The van der Waals surface area contributed by atoms with Crippen LogP contribution in [-0.2, 0) is 21.2 Å². The first-order valence-electron chi connectivity index (χ1n) is 8.08. The van der Waals surface area contributed by atoms with Crippen molar-refractivity contribution >= 4 is 27.5 Å². The third-order valence-electron chi connectivity index (χ3n) is 4.72. The third kappa shape index (κ3) is 3.73. The summed E-state index contributed by atoms with van der Waals surface area (Å²) >= 11 is 5.92. The SMILES string of the molecule is O=C(Cc1c(F)cccc1Cl)N1CC(S(=O)(=O)NC2CCCC2)C1. The van der Waals surface area contributed by atoms with Gasteiger partial charge < -0.3 is 4.90 Å². The second-order valence-electron chi connectivity index (χ2n) is 6.44. The van der Waals surface area contributed by atoms with Gasteiger partial charge in [-0.1, -0.05) is 30.5 Å². The van der Waals surface area contributed by atoms with Crippen LogP contribution in [0, 0.1) is 5.82 Å². The molecule has 1 saturated heterocycles. The molecule has 1 heterocycles. The van der Waals surface area contributed by atoms with Crippen molar-refractivity contribution < 1.29 is 17.6 Å². The Morgan fingerprint density at radius 2 is 1.96 bits per heavy atom. The Labute approximate surface area is 146 Å². The van der Waals surface area contributed by atoms with Crippen LogP contribution in [0.4, 0.5) is 4.39 Å². The van der Waals surface area contributed by atoms with Crippen LogP contribution >= 0.6 is 11.6 Å². The molecule has 24 heavy (non-hydrogen) atoms. The summed E-state index contributed by atoms with van der Waals surface area (Å²) in [6.45, 7) is 0.292. The number of hydrogen-bond donors (Lipinski definition) is 1. The number of nitrogens with zero attached hydrogens (tertiary/aromatic N) is 1. The van der Waals surface area contributed by atoms with E-state index in [4.69, 9.17) is 11.6 Å². The average Bonchev–Trinajstić information content (AvgIpc) is 2.93. The molecule has 2 aliphatic rings. The monoisotopic (exact) mass is 374 g/mol. The Morgan fingerprint density at radius 3 is 2.58 bits per heavy atom. The second-order valence-corrected chi connectivity index (χ2v) is 8.84. The van der Waals surface area contributed by atoms with E-state index >= 15 is 0 Å². The lowest BCUT2D eigenvalue weighted by atomic mass is 10.1. The third-order valence-corrected chi connectivity index (χ3v) is 6.91. The number of nitrogens with one attached hydrogen (secondary N) is 1. The van der Waals surface area contributed by atoms with Crippen molar-refractivity contribution in [2.24, 2.45) is 0 Å². The van der Waals surface area contributed by atoms with Gasteiger partial charge in [0.25, 0.3) is 0 Å². The molecular formula is C16H20ClFN2O3S. The minimum absolute atomic E-state index is 0.0250. The lowest BCUT2D eigenvalue weighted by Crippen LogP contribution is -2.60. The number of halogens is 2. The van der Waals surface area contributed by atoms with Crippen molar-refractivity contribution in [3.05, 3.63) is 34.6 Å². The number of amides is 1. The number of likely N-dealkylation sites (tertiary alicyclic amines) is 1. The molecule has 0 aromatic heterocycles. The second kappa shape index (κ2) is 6.98. The molecule has 132 valence electrons. The van der Waals surface area contributed by atoms with Crippen molar-refractivity contribution in [1.82, 2.24) is 9.62 Å². The fraction of sp³-hybridized carbons (Fsp3) is 0.562. The van der Waals surface area contributed by atoms with Crippen LogP contribution in [0.2, 0.25) is 5.02 Å². The smallest absolute Gasteiger partial charge is 0.227 e. The van der Waals surface area contributed by atoms with Gasteiger partial charge in [-0.15, -0.1) is 0 Å². The maximum Gasteiger partial charge on any atom is 0.227 e. The molecule has 1 N–H and O–H groups in total. The Hall–Kier alpha value is -1.18. The molecule has 0 bridgehead atoms. The molecular weight excluding hydrogens is 355 g/mol. The van der Waals surface area contributed by atoms with Gasteiger partial charge >= 0.3 is 0 Å². The van der Waals surface area contributed by atoms with Crippen LogP contribution in [0.1, 0.15) is 31.2 Å². The predicted octanol–water partition coefficient (Wildman–Crippen LogP) is 2.09. The highest BCUT2D eigenvalue weighted by atomic mass is 35.5. The van der Waals surface area contributed by atoms with Gasteiger partial charge in [0.1, 0.15) is 11.1 Å². The van der Waals surface area contributed by atoms with Crippen molar-refractivity contribution in [2.45, 2.75) is 43.4 Å². The van der Waals surface area contributed by atoms with Crippen LogP contribution in [0.15, 0.2) is 18.2 Å². The van der Waals surface area contributed by atoms with Crippen molar-refractivity contribution in [3.8, 4) is 0 Å². The molecule has 1 aliphatic heterocycles. The molecule has 1 amide bonds. The van der Waals surface area contributed by atoms with Crippen LogP contribution in [0.5, 0.6) is 0 Å². The number of benzene rings is 1. The van der Waals surface area contributed by atoms with Gasteiger partial charge in [-0.3, -0.25) is 4.79 Å². The van der Waals surface area contributed by atoms with Gasteiger partial charge in [0.15, 0.2) is 0 Å². The molecule has 0 atom stereocenters. The Kier molecular flexibility index (Phi) is 5.13. The van der Waals surface area contributed by atoms with E-state index in [2.05, 4.69) is 4.72 Å². The number of carbonyl (C=O) groups is 1. The maximum atomic E-state index is 13.7. The van der Waals surface area contributed by atoms with Crippen molar-refractivity contribution in [1.29, 1.82) is 0 Å². The predicted molar refractivity (Wildman–Crippen MR) is 89.8 cm³/mol. The van der Waals surface area contributed by atoms with E-state index in [9.17, 15) is 17.6 Å². The highest BCUT2D eigenvalue weighted by molar-refractivity contribution is 7.90. The quantitative estimate of drug-likeness (QED) is 0.858. The van der Waals surface area contributed by atoms with E-state index in [1.54, 1.807) is 0 Å². The zero-order chi connectivity index (χ0) is 17.3. The van der Waals surface area contributed by atoms with Gasteiger partial charge in [0, 0.05) is 29.7 Å². The number of hydrogen-bond acceptors (Lipinski definition) is 3. The Bertz CT molecular complexity index is 709. The molecule has 2 fully saturated rings. The summed E-state index contributed by atoms with van der Waals surface area (Å²) in [5.74, 6) is -0.835. The molecule has 1 aliphatic carbocycles. The van der Waals surface area contributed by atoms with E-state index in [1.807, 2.05) is 0 Å². The summed E-state index contributed by atoms with van der Waals surface area (Å²) in [4.78, 5) is 13.6. The summed E-state index contributed by atoms with van der Waals surface area (Å²) < 4.78 is 41.0. The Morgan fingerprint density at radius 1 is 1.29 bits per heavy atom. The zero-order valence-electron chi connectivity index (χ0n) is 13.2. The largest absolute Gasteiger partial charge is 0.340 e. The van der Waals surface area contributed by atoms with Crippen LogP contribution in [0.3, 0.4) is 0 Å². The van der Waals surface area contributed by atoms with Gasteiger partial charge in [0.05, 0.1) is 6.42 Å². The highest BCUT2D eigenvalue weighted by Gasteiger charge is 2.40. The lowest BCUT2D eigenvalue weighted by molar-refractivity contribution is -0.133. The molecule has 8 heteroatoms. The van der Waals surface area contributed by atoms with E-state index in [0.29, 0.717) is 0 Å². The van der Waals surface area contributed by atoms with E-state index < -0.39 is 21.1 Å². The minimum Gasteiger partial charge on any atom is -0.340 e. The van der Waals surface area contributed by atoms with Gasteiger partial charge in [0.2, 0.25) is 15.9 Å². The summed E-state index contributed by atoms with van der Waals surface area (Å²) in [5, 5.41) is -0.380. The first-order chi connectivity index (χ1) is 11.4. The van der Waals surface area contributed by atoms with Crippen LogP contribution < -0.4 is 4.72 Å². The molecule has 0 radical (unpaired) electrons. The number of carbonyl (C=O) groups excluding carboxylic acids is 1. The van der Waals surface area contributed by atoms with E-state index in [1.165, 1.54) is 23.1 Å². The standard InChI is InChI=1S/C16H20ClFN2O3S/c17-14-6-3-7-15(18)13(14)8-16(21)20-9-12(10-20)24(22,23)19-11-4-1-2-5-11/h3,6-7,11-12,19H,1-2,4-5,8-10H2. The summed E-state index contributed by atoms with van der Waals surface area (Å²) in [6.07, 6.45) is 3.69. The molecule has 0 unspecified atom stereocenters. The summed E-state index contributed by atoms with van der Waals surface area (Å²) in [5.41, 5.74) is 0.152. The van der Waals surface area contributed by atoms with E-state index in [0.717, 1.165) is 25.7 Å². The van der Waals surface area contributed by atoms with Crippen molar-refractivity contribution in [2.75, 3.05) is 13.1 Å². The number of rotatable bonds is 5.